The average molecular weight is 259 g/mol. The molecule has 104 valence electrons. The van der Waals surface area contributed by atoms with E-state index in [-0.39, 0.29) is 5.41 Å². The molecule has 0 heterocycles. The van der Waals surface area contributed by atoms with E-state index in [1.807, 2.05) is 13.8 Å². The summed E-state index contributed by atoms with van der Waals surface area (Å²) >= 11 is 0. The van der Waals surface area contributed by atoms with Crippen LogP contribution in [0.25, 0.3) is 0 Å². The first-order valence-corrected chi connectivity index (χ1v) is 7.00. The minimum Gasteiger partial charge on any atom is -0.493 e. The summed E-state index contributed by atoms with van der Waals surface area (Å²) in [6.45, 7) is 11.1. The second kappa shape index (κ2) is 6.61. The number of rotatable bonds is 6. The lowest BCUT2D eigenvalue weighted by atomic mass is 9.90. The molecule has 1 aromatic rings. The number of nitrogens with zero attached hydrogens (tertiary/aromatic N) is 1. The number of hydrogen-bond donors (Lipinski definition) is 0. The Morgan fingerprint density at radius 3 is 2.58 bits per heavy atom. The molecule has 0 saturated carbocycles. The first-order valence-electron chi connectivity index (χ1n) is 7.00. The smallest absolute Gasteiger partial charge is 0.122 e. The largest absolute Gasteiger partial charge is 0.493 e. The predicted octanol–water partition coefficient (Wildman–Crippen LogP) is 4.83. The maximum Gasteiger partial charge on any atom is 0.122 e. The lowest BCUT2D eigenvalue weighted by Gasteiger charge is -2.16. The van der Waals surface area contributed by atoms with Gasteiger partial charge in [-0.15, -0.1) is 0 Å². The molecule has 0 amide bonds. The molecule has 0 unspecified atom stereocenters. The van der Waals surface area contributed by atoms with Crippen molar-refractivity contribution < 1.29 is 4.74 Å². The molecule has 0 aliphatic rings. The molecule has 2 nitrogen and oxygen atoms in total. The fourth-order valence-electron chi connectivity index (χ4n) is 1.88. The van der Waals surface area contributed by atoms with Crippen LogP contribution in [0.2, 0.25) is 0 Å². The molecule has 0 aromatic heterocycles. The van der Waals surface area contributed by atoms with Gasteiger partial charge in [-0.25, -0.2) is 0 Å². The number of hydrogen-bond acceptors (Lipinski definition) is 2. The summed E-state index contributed by atoms with van der Waals surface area (Å²) in [7, 11) is 0. The fourth-order valence-corrected chi connectivity index (χ4v) is 1.88. The van der Waals surface area contributed by atoms with Crippen molar-refractivity contribution in [3.05, 3.63) is 29.3 Å². The highest BCUT2D eigenvalue weighted by Gasteiger charge is 2.15. The highest BCUT2D eigenvalue weighted by Crippen LogP contribution is 2.25. The number of aryl methyl sites for hydroxylation is 1. The summed E-state index contributed by atoms with van der Waals surface area (Å²) in [6.07, 6.45) is 1.78. The Morgan fingerprint density at radius 2 is 2.00 bits per heavy atom. The van der Waals surface area contributed by atoms with Gasteiger partial charge >= 0.3 is 0 Å². The van der Waals surface area contributed by atoms with Gasteiger partial charge in [-0.3, -0.25) is 0 Å². The monoisotopic (exact) mass is 259 g/mol. The normalized spacial score (nSPS) is 11.4. The molecule has 19 heavy (non-hydrogen) atoms. The Hall–Kier alpha value is -1.49. The van der Waals surface area contributed by atoms with Gasteiger partial charge in [0.1, 0.15) is 5.75 Å². The van der Waals surface area contributed by atoms with E-state index in [0.717, 1.165) is 18.6 Å². The first-order chi connectivity index (χ1) is 8.85. The van der Waals surface area contributed by atoms with Crippen LogP contribution >= 0.6 is 0 Å². The molecule has 0 atom stereocenters. The molecule has 0 fully saturated rings. The van der Waals surface area contributed by atoms with Gasteiger partial charge in [-0.2, -0.15) is 5.26 Å². The van der Waals surface area contributed by atoms with Crippen LogP contribution in [0.15, 0.2) is 18.2 Å². The highest BCUT2D eigenvalue weighted by atomic mass is 16.5. The van der Waals surface area contributed by atoms with Gasteiger partial charge in [0.15, 0.2) is 0 Å². The highest BCUT2D eigenvalue weighted by molar-refractivity contribution is 5.37. The predicted molar refractivity (Wildman–Crippen MR) is 79.4 cm³/mol. The van der Waals surface area contributed by atoms with E-state index in [2.05, 4.69) is 45.0 Å². The summed E-state index contributed by atoms with van der Waals surface area (Å²) in [5.74, 6) is 1.49. The SMILES string of the molecule is Cc1ccc(C(C)C)cc1OCCCC(C)(C)C#N. The second-order valence-electron chi connectivity index (χ2n) is 6.13. The van der Waals surface area contributed by atoms with Gasteiger partial charge in [-0.1, -0.05) is 26.0 Å². The Labute approximate surface area is 117 Å². The van der Waals surface area contributed by atoms with Crippen LogP contribution in [-0.4, -0.2) is 6.61 Å². The maximum atomic E-state index is 8.96. The second-order valence-corrected chi connectivity index (χ2v) is 6.13. The summed E-state index contributed by atoms with van der Waals surface area (Å²) in [6, 6.07) is 8.73. The molecule has 0 aliphatic heterocycles. The Balaban J connectivity index is 2.54. The fraction of sp³-hybridized carbons (Fsp3) is 0.588. The van der Waals surface area contributed by atoms with Crippen molar-refractivity contribution in [2.75, 3.05) is 6.61 Å². The van der Waals surface area contributed by atoms with Crippen molar-refractivity contribution >= 4 is 0 Å². The van der Waals surface area contributed by atoms with Crippen LogP contribution in [0.3, 0.4) is 0 Å². The van der Waals surface area contributed by atoms with Gasteiger partial charge in [0.05, 0.1) is 18.1 Å². The summed E-state index contributed by atoms with van der Waals surface area (Å²) in [4.78, 5) is 0. The van der Waals surface area contributed by atoms with Gasteiger partial charge in [0.25, 0.3) is 0 Å². The van der Waals surface area contributed by atoms with Crippen LogP contribution in [-0.2, 0) is 0 Å². The third kappa shape index (κ3) is 4.95. The van der Waals surface area contributed by atoms with E-state index in [4.69, 9.17) is 10.00 Å². The number of ether oxygens (including phenoxy) is 1. The van der Waals surface area contributed by atoms with Crippen LogP contribution in [0, 0.1) is 23.7 Å². The minimum absolute atomic E-state index is 0.252. The molecule has 0 spiro atoms. The molecule has 0 N–H and O–H groups in total. The van der Waals surface area contributed by atoms with Crippen molar-refractivity contribution in [3.8, 4) is 11.8 Å². The molecule has 0 aliphatic carbocycles. The third-order valence-corrected chi connectivity index (χ3v) is 3.39. The lowest BCUT2D eigenvalue weighted by molar-refractivity contribution is 0.282. The summed E-state index contributed by atoms with van der Waals surface area (Å²) < 4.78 is 5.86. The van der Waals surface area contributed by atoms with Crippen molar-refractivity contribution in [1.82, 2.24) is 0 Å². The molecule has 2 heteroatoms. The summed E-state index contributed by atoms with van der Waals surface area (Å²) in [5, 5.41) is 8.96. The van der Waals surface area contributed by atoms with Crippen LogP contribution in [0.1, 0.15) is 57.6 Å². The van der Waals surface area contributed by atoms with Crippen LogP contribution in [0.4, 0.5) is 0 Å². The van der Waals surface area contributed by atoms with Gasteiger partial charge in [-0.05, 0) is 56.7 Å². The van der Waals surface area contributed by atoms with E-state index >= 15 is 0 Å². The Kier molecular flexibility index (Phi) is 5.42. The zero-order valence-electron chi connectivity index (χ0n) is 12.8. The van der Waals surface area contributed by atoms with Crippen molar-refractivity contribution in [2.24, 2.45) is 5.41 Å². The first kappa shape index (κ1) is 15.6. The quantitative estimate of drug-likeness (QED) is 0.686. The molecule has 1 aromatic carbocycles. The molecular formula is C17H25NO. The minimum atomic E-state index is -0.252. The zero-order chi connectivity index (χ0) is 14.5. The van der Waals surface area contributed by atoms with Gasteiger partial charge in [0.2, 0.25) is 0 Å². The van der Waals surface area contributed by atoms with Gasteiger partial charge in [0, 0.05) is 0 Å². The van der Waals surface area contributed by atoms with Crippen molar-refractivity contribution in [1.29, 1.82) is 5.26 Å². The topological polar surface area (TPSA) is 33.0 Å². The standard InChI is InChI=1S/C17H25NO/c1-13(2)15-8-7-14(3)16(11-15)19-10-6-9-17(4,5)12-18/h7-8,11,13H,6,9-10H2,1-5H3. The number of benzene rings is 1. The zero-order valence-corrected chi connectivity index (χ0v) is 12.8. The van der Waals surface area contributed by atoms with E-state index in [0.29, 0.717) is 12.5 Å². The van der Waals surface area contributed by atoms with Crippen LogP contribution in [0.5, 0.6) is 5.75 Å². The maximum absolute atomic E-state index is 8.96. The molecule has 0 radical (unpaired) electrons. The average Bonchev–Trinajstić information content (AvgIpc) is 2.36. The Bertz CT molecular complexity index is 455. The Morgan fingerprint density at radius 1 is 1.32 bits per heavy atom. The molecule has 1 rings (SSSR count). The van der Waals surface area contributed by atoms with Crippen molar-refractivity contribution in [2.45, 2.75) is 53.4 Å². The van der Waals surface area contributed by atoms with E-state index in [1.54, 1.807) is 0 Å². The number of nitriles is 1. The third-order valence-electron chi connectivity index (χ3n) is 3.39. The molecule has 0 saturated heterocycles. The molecule has 0 bridgehead atoms. The lowest BCUT2D eigenvalue weighted by Crippen LogP contribution is -2.10. The van der Waals surface area contributed by atoms with E-state index in [1.165, 1.54) is 11.1 Å². The van der Waals surface area contributed by atoms with E-state index < -0.39 is 0 Å². The van der Waals surface area contributed by atoms with E-state index in [9.17, 15) is 0 Å². The van der Waals surface area contributed by atoms with Crippen LogP contribution < -0.4 is 4.74 Å². The molecular weight excluding hydrogens is 234 g/mol. The van der Waals surface area contributed by atoms with Gasteiger partial charge < -0.3 is 4.74 Å². The summed E-state index contributed by atoms with van der Waals surface area (Å²) in [5.41, 5.74) is 2.22. The van der Waals surface area contributed by atoms with Crippen molar-refractivity contribution in [3.63, 3.8) is 0 Å².